The standard InChI is InChI=1S/C23H39N3O3S.HI/c1-4-24-23(25-15-9-6-10-16-29-21-11-7-5-8-12-21)26-18-20-13-14-22(19(2)17-20)30(3,27)28;/h13-14,17,21H,4-12,15-16,18H2,1-3H3,(H2,24,25,26);1H. The number of hydrogen-bond acceptors (Lipinski definition) is 4. The molecule has 0 saturated heterocycles. The highest BCUT2D eigenvalue weighted by molar-refractivity contribution is 14.0. The second-order valence-electron chi connectivity index (χ2n) is 8.19. The van der Waals surface area contributed by atoms with Gasteiger partial charge in [-0.3, -0.25) is 0 Å². The highest BCUT2D eigenvalue weighted by Gasteiger charge is 2.13. The SMILES string of the molecule is CCNC(=NCc1ccc(S(C)(=O)=O)c(C)c1)NCCCCCOC1CCCCC1.I. The highest BCUT2D eigenvalue weighted by atomic mass is 127. The van der Waals surface area contributed by atoms with Crippen molar-refractivity contribution < 1.29 is 13.2 Å². The summed E-state index contributed by atoms with van der Waals surface area (Å²) in [6, 6.07) is 5.41. The van der Waals surface area contributed by atoms with Crippen LogP contribution in [0.25, 0.3) is 0 Å². The van der Waals surface area contributed by atoms with Gasteiger partial charge in [0.05, 0.1) is 17.5 Å². The van der Waals surface area contributed by atoms with Crippen molar-refractivity contribution in [3.8, 4) is 0 Å². The first kappa shape index (κ1) is 28.2. The number of sulfone groups is 1. The Morgan fingerprint density at radius 3 is 2.52 bits per heavy atom. The van der Waals surface area contributed by atoms with Crippen LogP contribution < -0.4 is 10.6 Å². The second kappa shape index (κ2) is 15.1. The average molecular weight is 566 g/mol. The first-order valence-electron chi connectivity index (χ1n) is 11.3. The maximum absolute atomic E-state index is 11.8. The van der Waals surface area contributed by atoms with Crippen LogP contribution >= 0.6 is 24.0 Å². The fourth-order valence-electron chi connectivity index (χ4n) is 3.83. The van der Waals surface area contributed by atoms with E-state index in [4.69, 9.17) is 4.74 Å². The molecule has 2 N–H and O–H groups in total. The van der Waals surface area contributed by atoms with Gasteiger partial charge < -0.3 is 15.4 Å². The van der Waals surface area contributed by atoms with Crippen LogP contribution in [0.15, 0.2) is 28.1 Å². The maximum Gasteiger partial charge on any atom is 0.191 e. The van der Waals surface area contributed by atoms with Crippen molar-refractivity contribution >= 4 is 39.8 Å². The number of unbranched alkanes of at least 4 members (excludes halogenated alkanes) is 2. The van der Waals surface area contributed by atoms with Gasteiger partial charge in [-0.1, -0.05) is 31.4 Å². The van der Waals surface area contributed by atoms with E-state index in [1.807, 2.05) is 26.0 Å². The molecule has 0 aromatic heterocycles. The van der Waals surface area contributed by atoms with Gasteiger partial charge in [0.25, 0.3) is 0 Å². The largest absolute Gasteiger partial charge is 0.378 e. The molecule has 0 radical (unpaired) electrons. The van der Waals surface area contributed by atoms with E-state index in [0.717, 1.165) is 56.0 Å². The minimum absolute atomic E-state index is 0. The lowest BCUT2D eigenvalue weighted by atomic mass is 9.98. The molecular formula is C23H40IN3O3S. The van der Waals surface area contributed by atoms with Gasteiger partial charge in [0.15, 0.2) is 15.8 Å². The summed E-state index contributed by atoms with van der Waals surface area (Å²) in [5.74, 6) is 0.792. The number of nitrogens with one attached hydrogen (secondary N) is 2. The minimum atomic E-state index is -3.19. The molecule has 6 nitrogen and oxygen atoms in total. The van der Waals surface area contributed by atoms with Gasteiger partial charge in [0, 0.05) is 26.0 Å². The van der Waals surface area contributed by atoms with E-state index in [1.54, 1.807) is 6.07 Å². The molecule has 0 unspecified atom stereocenters. The fraction of sp³-hybridized carbons (Fsp3) is 0.696. The summed E-state index contributed by atoms with van der Waals surface area (Å²) in [5.41, 5.74) is 1.76. The number of ether oxygens (including phenoxy) is 1. The molecule has 0 heterocycles. The highest BCUT2D eigenvalue weighted by Crippen LogP contribution is 2.20. The number of nitrogens with zero attached hydrogens (tertiary/aromatic N) is 1. The van der Waals surface area contributed by atoms with Crippen LogP contribution in [0.5, 0.6) is 0 Å². The van der Waals surface area contributed by atoms with Crippen LogP contribution in [0, 0.1) is 6.92 Å². The second-order valence-corrected chi connectivity index (χ2v) is 10.2. The van der Waals surface area contributed by atoms with E-state index in [9.17, 15) is 8.42 Å². The number of rotatable bonds is 11. The Labute approximate surface area is 206 Å². The number of aliphatic imine (C=N–C) groups is 1. The first-order valence-corrected chi connectivity index (χ1v) is 13.2. The minimum Gasteiger partial charge on any atom is -0.378 e. The molecule has 1 aromatic rings. The summed E-state index contributed by atoms with van der Waals surface area (Å²) in [6.45, 7) is 6.93. The van der Waals surface area contributed by atoms with Gasteiger partial charge in [-0.25, -0.2) is 13.4 Å². The Balaban J connectivity index is 0.00000480. The van der Waals surface area contributed by atoms with E-state index in [2.05, 4.69) is 15.6 Å². The van der Waals surface area contributed by atoms with Crippen molar-refractivity contribution in [2.45, 2.75) is 82.8 Å². The Hall–Kier alpha value is -0.870. The molecule has 1 saturated carbocycles. The summed E-state index contributed by atoms with van der Waals surface area (Å²) in [5, 5.41) is 6.65. The molecular weight excluding hydrogens is 525 g/mol. The van der Waals surface area contributed by atoms with Gasteiger partial charge in [-0.15, -0.1) is 24.0 Å². The van der Waals surface area contributed by atoms with Crippen LogP contribution in [-0.2, 0) is 21.1 Å². The molecule has 1 aromatic carbocycles. The molecule has 8 heteroatoms. The lowest BCUT2D eigenvalue weighted by molar-refractivity contribution is 0.0264. The van der Waals surface area contributed by atoms with E-state index >= 15 is 0 Å². The third-order valence-corrected chi connectivity index (χ3v) is 6.68. The fourth-order valence-corrected chi connectivity index (χ4v) is 4.79. The predicted molar refractivity (Wildman–Crippen MR) is 139 cm³/mol. The summed E-state index contributed by atoms with van der Waals surface area (Å²) in [6.07, 6.45) is 11.6. The molecule has 1 aliphatic carbocycles. The monoisotopic (exact) mass is 565 g/mol. The van der Waals surface area contributed by atoms with Gasteiger partial charge >= 0.3 is 0 Å². The Bertz CT molecular complexity index is 778. The number of hydrogen-bond donors (Lipinski definition) is 2. The van der Waals surface area contributed by atoms with Gasteiger partial charge in [-0.2, -0.15) is 0 Å². The molecule has 0 bridgehead atoms. The molecule has 0 spiro atoms. The normalized spacial score (nSPS) is 15.4. The lowest BCUT2D eigenvalue weighted by Crippen LogP contribution is -2.37. The average Bonchev–Trinajstić information content (AvgIpc) is 2.71. The Kier molecular flexibility index (Phi) is 13.7. The van der Waals surface area contributed by atoms with Crippen LogP contribution in [-0.4, -0.2) is 46.4 Å². The van der Waals surface area contributed by atoms with Crippen LogP contribution in [0.4, 0.5) is 0 Å². The van der Waals surface area contributed by atoms with Crippen LogP contribution in [0.2, 0.25) is 0 Å². The van der Waals surface area contributed by atoms with Crippen molar-refractivity contribution in [1.82, 2.24) is 10.6 Å². The smallest absolute Gasteiger partial charge is 0.191 e. The number of guanidine groups is 1. The first-order chi connectivity index (χ1) is 14.4. The number of aryl methyl sites for hydroxylation is 1. The van der Waals surface area contributed by atoms with E-state index in [1.165, 1.54) is 38.4 Å². The molecule has 31 heavy (non-hydrogen) atoms. The van der Waals surface area contributed by atoms with E-state index < -0.39 is 9.84 Å². The van der Waals surface area contributed by atoms with Crippen molar-refractivity contribution in [2.24, 2.45) is 4.99 Å². The molecule has 2 rings (SSSR count). The predicted octanol–water partition coefficient (Wildman–Crippen LogP) is 4.59. The molecule has 1 fully saturated rings. The Morgan fingerprint density at radius 2 is 1.87 bits per heavy atom. The van der Waals surface area contributed by atoms with Crippen molar-refractivity contribution in [2.75, 3.05) is 26.0 Å². The molecule has 0 amide bonds. The molecule has 1 aliphatic rings. The summed E-state index contributed by atoms with van der Waals surface area (Å²) < 4.78 is 29.5. The number of benzene rings is 1. The molecule has 178 valence electrons. The zero-order valence-corrected chi connectivity index (χ0v) is 22.4. The third kappa shape index (κ3) is 11.0. The number of halogens is 1. The summed E-state index contributed by atoms with van der Waals surface area (Å²) in [4.78, 5) is 5.01. The topological polar surface area (TPSA) is 79.8 Å². The molecule has 0 atom stereocenters. The third-order valence-electron chi connectivity index (χ3n) is 5.42. The van der Waals surface area contributed by atoms with Gasteiger partial charge in [-0.05, 0) is 63.1 Å². The van der Waals surface area contributed by atoms with Gasteiger partial charge in [0.1, 0.15) is 0 Å². The summed E-state index contributed by atoms with van der Waals surface area (Å²) >= 11 is 0. The van der Waals surface area contributed by atoms with E-state index in [0.29, 0.717) is 17.5 Å². The van der Waals surface area contributed by atoms with Crippen molar-refractivity contribution in [1.29, 1.82) is 0 Å². The zero-order chi connectivity index (χ0) is 21.8. The zero-order valence-electron chi connectivity index (χ0n) is 19.3. The Morgan fingerprint density at radius 1 is 1.13 bits per heavy atom. The lowest BCUT2D eigenvalue weighted by Gasteiger charge is -2.21. The van der Waals surface area contributed by atoms with Crippen molar-refractivity contribution in [3.63, 3.8) is 0 Å². The van der Waals surface area contributed by atoms with Crippen LogP contribution in [0.1, 0.15) is 69.4 Å². The quantitative estimate of drug-likeness (QED) is 0.178. The van der Waals surface area contributed by atoms with Crippen molar-refractivity contribution in [3.05, 3.63) is 29.3 Å². The van der Waals surface area contributed by atoms with E-state index in [-0.39, 0.29) is 24.0 Å². The van der Waals surface area contributed by atoms with Crippen LogP contribution in [0.3, 0.4) is 0 Å². The maximum atomic E-state index is 11.8. The molecule has 0 aliphatic heterocycles. The van der Waals surface area contributed by atoms with Gasteiger partial charge in [0.2, 0.25) is 0 Å². The summed E-state index contributed by atoms with van der Waals surface area (Å²) in [7, 11) is -3.19.